The van der Waals surface area contributed by atoms with Crippen molar-refractivity contribution in [3.05, 3.63) is 41.5 Å². The molecule has 0 saturated carbocycles. The van der Waals surface area contributed by atoms with E-state index in [2.05, 4.69) is 4.98 Å². The molecule has 0 amide bonds. The van der Waals surface area contributed by atoms with Gasteiger partial charge in [-0.05, 0) is 18.2 Å². The lowest BCUT2D eigenvalue weighted by atomic mass is 10.1. The standard InChI is InChI=1S/C12H6F3N5/c13-12(14,15)7-1-2-10(8(18)3-7)20-6-19-9(4-16)11(20)5-17/h1-3,6H,18H2. The first-order chi connectivity index (χ1) is 9.38. The zero-order valence-electron chi connectivity index (χ0n) is 9.81. The number of anilines is 1. The Morgan fingerprint density at radius 3 is 2.40 bits per heavy atom. The number of nitriles is 2. The summed E-state index contributed by atoms with van der Waals surface area (Å²) >= 11 is 0. The van der Waals surface area contributed by atoms with Crippen LogP contribution in [0.3, 0.4) is 0 Å². The Morgan fingerprint density at radius 2 is 1.90 bits per heavy atom. The van der Waals surface area contributed by atoms with Crippen molar-refractivity contribution in [1.82, 2.24) is 9.55 Å². The fourth-order valence-electron chi connectivity index (χ4n) is 1.67. The Bertz CT molecular complexity index is 746. The van der Waals surface area contributed by atoms with Gasteiger partial charge in [0.15, 0.2) is 11.4 Å². The number of rotatable bonds is 1. The Kier molecular flexibility index (Phi) is 3.08. The van der Waals surface area contributed by atoms with Crippen molar-refractivity contribution < 1.29 is 13.2 Å². The zero-order valence-corrected chi connectivity index (χ0v) is 9.81. The van der Waals surface area contributed by atoms with Crippen LogP contribution in [-0.4, -0.2) is 9.55 Å². The summed E-state index contributed by atoms with van der Waals surface area (Å²) in [5, 5.41) is 17.7. The zero-order chi connectivity index (χ0) is 14.9. The molecule has 20 heavy (non-hydrogen) atoms. The van der Waals surface area contributed by atoms with Crippen LogP contribution in [0.1, 0.15) is 17.0 Å². The van der Waals surface area contributed by atoms with E-state index >= 15 is 0 Å². The highest BCUT2D eigenvalue weighted by Crippen LogP contribution is 2.32. The van der Waals surface area contributed by atoms with E-state index in [1.807, 2.05) is 0 Å². The number of nitrogens with two attached hydrogens (primary N) is 1. The van der Waals surface area contributed by atoms with E-state index in [4.69, 9.17) is 16.3 Å². The number of nitrogen functional groups attached to an aromatic ring is 1. The Morgan fingerprint density at radius 1 is 1.20 bits per heavy atom. The number of halogens is 3. The predicted octanol–water partition coefficient (Wildman–Crippen LogP) is 2.22. The Labute approximate surface area is 111 Å². The minimum absolute atomic E-state index is 0.0843. The van der Waals surface area contributed by atoms with Gasteiger partial charge in [0.25, 0.3) is 0 Å². The minimum Gasteiger partial charge on any atom is -0.397 e. The smallest absolute Gasteiger partial charge is 0.397 e. The summed E-state index contributed by atoms with van der Waals surface area (Å²) in [6.07, 6.45) is -3.34. The summed E-state index contributed by atoms with van der Waals surface area (Å²) in [5.74, 6) is 0. The van der Waals surface area contributed by atoms with Crippen LogP contribution in [0.4, 0.5) is 18.9 Å². The molecule has 1 aromatic heterocycles. The molecule has 0 fully saturated rings. The summed E-state index contributed by atoms with van der Waals surface area (Å²) in [6, 6.07) is 6.22. The largest absolute Gasteiger partial charge is 0.416 e. The second-order valence-electron chi connectivity index (χ2n) is 3.81. The summed E-state index contributed by atoms with van der Waals surface area (Å²) in [4.78, 5) is 3.70. The molecule has 2 rings (SSSR count). The monoisotopic (exact) mass is 277 g/mol. The summed E-state index contributed by atoms with van der Waals surface area (Å²) < 4.78 is 38.8. The van der Waals surface area contributed by atoms with Crippen LogP contribution in [0.15, 0.2) is 24.5 Å². The number of benzene rings is 1. The number of aromatic nitrogens is 2. The third-order valence-electron chi connectivity index (χ3n) is 2.59. The quantitative estimate of drug-likeness (QED) is 0.809. The second-order valence-corrected chi connectivity index (χ2v) is 3.81. The molecule has 2 N–H and O–H groups in total. The molecule has 0 unspecified atom stereocenters. The van der Waals surface area contributed by atoms with E-state index in [-0.39, 0.29) is 22.8 Å². The number of nitrogens with zero attached hydrogens (tertiary/aromatic N) is 4. The van der Waals surface area contributed by atoms with Crippen molar-refractivity contribution in [2.45, 2.75) is 6.18 Å². The molecule has 8 heteroatoms. The van der Waals surface area contributed by atoms with Crippen molar-refractivity contribution >= 4 is 5.69 Å². The van der Waals surface area contributed by atoms with E-state index in [1.54, 1.807) is 12.1 Å². The van der Waals surface area contributed by atoms with E-state index in [0.29, 0.717) is 0 Å². The van der Waals surface area contributed by atoms with Gasteiger partial charge in [-0.1, -0.05) is 0 Å². The molecular formula is C12H6F3N5. The highest BCUT2D eigenvalue weighted by Gasteiger charge is 2.31. The van der Waals surface area contributed by atoms with Crippen molar-refractivity contribution in [3.63, 3.8) is 0 Å². The van der Waals surface area contributed by atoms with Gasteiger partial charge in [-0.15, -0.1) is 0 Å². The van der Waals surface area contributed by atoms with Gasteiger partial charge in [0.1, 0.15) is 18.5 Å². The number of hydrogen-bond donors (Lipinski definition) is 1. The maximum absolute atomic E-state index is 12.5. The molecule has 0 bridgehead atoms. The SMILES string of the molecule is N#Cc1ncn(-c2ccc(C(F)(F)F)cc2N)c1C#N. The molecule has 1 aromatic carbocycles. The molecule has 0 saturated heterocycles. The average Bonchev–Trinajstić information content (AvgIpc) is 2.80. The van der Waals surface area contributed by atoms with E-state index < -0.39 is 11.7 Å². The number of hydrogen-bond acceptors (Lipinski definition) is 4. The Hall–Kier alpha value is -3.00. The minimum atomic E-state index is -4.50. The van der Waals surface area contributed by atoms with Gasteiger partial charge in [-0.3, -0.25) is 4.57 Å². The van der Waals surface area contributed by atoms with E-state index in [9.17, 15) is 13.2 Å². The van der Waals surface area contributed by atoms with E-state index in [0.717, 1.165) is 24.5 Å². The molecule has 0 aliphatic heterocycles. The topological polar surface area (TPSA) is 91.4 Å². The predicted molar refractivity (Wildman–Crippen MR) is 62.4 cm³/mol. The first kappa shape index (κ1) is 13.4. The third kappa shape index (κ3) is 2.15. The van der Waals surface area contributed by atoms with Crippen LogP contribution in [-0.2, 0) is 6.18 Å². The van der Waals surface area contributed by atoms with Crippen molar-refractivity contribution in [2.24, 2.45) is 0 Å². The van der Waals surface area contributed by atoms with E-state index in [1.165, 1.54) is 4.57 Å². The first-order valence-corrected chi connectivity index (χ1v) is 5.23. The summed E-state index contributed by atoms with van der Waals surface area (Å²) in [6.45, 7) is 0. The fraction of sp³-hybridized carbons (Fsp3) is 0.0833. The third-order valence-corrected chi connectivity index (χ3v) is 2.59. The molecule has 5 nitrogen and oxygen atoms in total. The van der Waals surface area contributed by atoms with Gasteiger partial charge in [-0.25, -0.2) is 4.98 Å². The normalized spacial score (nSPS) is 10.8. The summed E-state index contributed by atoms with van der Waals surface area (Å²) in [5.41, 5.74) is 4.48. The van der Waals surface area contributed by atoms with Gasteiger partial charge in [-0.2, -0.15) is 23.7 Å². The lowest BCUT2D eigenvalue weighted by Crippen LogP contribution is -2.08. The second kappa shape index (κ2) is 4.59. The molecule has 0 aliphatic carbocycles. The first-order valence-electron chi connectivity index (χ1n) is 5.23. The molecule has 1 heterocycles. The van der Waals surface area contributed by atoms with Gasteiger partial charge in [0.2, 0.25) is 0 Å². The summed E-state index contributed by atoms with van der Waals surface area (Å²) in [7, 11) is 0. The van der Waals surface area contributed by atoms with Gasteiger partial charge >= 0.3 is 6.18 Å². The van der Waals surface area contributed by atoms with Gasteiger partial charge < -0.3 is 5.73 Å². The van der Waals surface area contributed by atoms with Crippen LogP contribution >= 0.6 is 0 Å². The van der Waals surface area contributed by atoms with Crippen LogP contribution in [0.2, 0.25) is 0 Å². The fourth-order valence-corrected chi connectivity index (χ4v) is 1.67. The molecule has 0 atom stereocenters. The highest BCUT2D eigenvalue weighted by molar-refractivity contribution is 5.61. The van der Waals surface area contributed by atoms with Gasteiger partial charge in [0, 0.05) is 0 Å². The van der Waals surface area contributed by atoms with Gasteiger partial charge in [0.05, 0.1) is 16.9 Å². The Balaban J connectivity index is 2.59. The molecule has 2 aromatic rings. The van der Waals surface area contributed by atoms with Crippen molar-refractivity contribution in [3.8, 4) is 17.8 Å². The molecular weight excluding hydrogens is 271 g/mol. The molecule has 0 spiro atoms. The van der Waals surface area contributed by atoms with Crippen LogP contribution < -0.4 is 5.73 Å². The van der Waals surface area contributed by atoms with Crippen LogP contribution in [0, 0.1) is 22.7 Å². The highest BCUT2D eigenvalue weighted by atomic mass is 19.4. The number of imidazole rings is 1. The maximum Gasteiger partial charge on any atom is 0.416 e. The average molecular weight is 277 g/mol. The number of alkyl halides is 3. The molecule has 0 radical (unpaired) electrons. The lowest BCUT2D eigenvalue weighted by molar-refractivity contribution is -0.137. The van der Waals surface area contributed by atoms with Crippen molar-refractivity contribution in [1.29, 1.82) is 10.5 Å². The van der Waals surface area contributed by atoms with Crippen molar-refractivity contribution in [2.75, 3.05) is 5.73 Å². The maximum atomic E-state index is 12.5. The van der Waals surface area contributed by atoms with Crippen LogP contribution in [0.25, 0.3) is 5.69 Å². The van der Waals surface area contributed by atoms with Crippen LogP contribution in [0.5, 0.6) is 0 Å². The molecule has 100 valence electrons. The molecule has 0 aliphatic rings. The lowest BCUT2D eigenvalue weighted by Gasteiger charge is -2.11.